The number of carboxylic acids is 1. The highest BCUT2D eigenvalue weighted by atomic mass is 32.2. The van der Waals surface area contributed by atoms with Crippen LogP contribution in [0, 0.1) is 17.6 Å². The van der Waals surface area contributed by atoms with Gasteiger partial charge in [-0.3, -0.25) is 4.79 Å². The lowest BCUT2D eigenvalue weighted by Crippen LogP contribution is -2.20. The molecular weight excluding hydrogens is 234 g/mol. The van der Waals surface area contributed by atoms with Gasteiger partial charge in [0.25, 0.3) is 0 Å². The van der Waals surface area contributed by atoms with Crippen LogP contribution in [0.4, 0.5) is 8.78 Å². The molecule has 0 heterocycles. The Kier molecular flexibility index (Phi) is 4.29. The molecule has 0 aliphatic carbocycles. The maximum atomic E-state index is 13.3. The van der Waals surface area contributed by atoms with Gasteiger partial charge in [0.05, 0.1) is 5.92 Å². The van der Waals surface area contributed by atoms with Crippen molar-refractivity contribution in [2.45, 2.75) is 24.0 Å². The van der Waals surface area contributed by atoms with Crippen LogP contribution >= 0.6 is 11.8 Å². The molecule has 2 atom stereocenters. The largest absolute Gasteiger partial charge is 0.481 e. The lowest BCUT2D eigenvalue weighted by molar-refractivity contribution is -0.140. The highest BCUT2D eigenvalue weighted by Crippen LogP contribution is 2.30. The van der Waals surface area contributed by atoms with E-state index in [1.54, 1.807) is 13.8 Å². The SMILES string of the molecule is CC(Sc1ccc(F)cc1F)C(C)C(=O)O. The van der Waals surface area contributed by atoms with Crippen LogP contribution in [-0.2, 0) is 4.79 Å². The lowest BCUT2D eigenvalue weighted by Gasteiger charge is -2.15. The van der Waals surface area contributed by atoms with Crippen molar-refractivity contribution in [2.24, 2.45) is 5.92 Å². The summed E-state index contributed by atoms with van der Waals surface area (Å²) in [5, 5.41) is 8.50. The van der Waals surface area contributed by atoms with Crippen molar-refractivity contribution >= 4 is 17.7 Å². The number of thioether (sulfide) groups is 1. The maximum absolute atomic E-state index is 13.3. The quantitative estimate of drug-likeness (QED) is 0.829. The Morgan fingerprint density at radius 2 is 2.00 bits per heavy atom. The van der Waals surface area contributed by atoms with E-state index < -0.39 is 23.5 Å². The second kappa shape index (κ2) is 5.30. The highest BCUT2D eigenvalue weighted by Gasteiger charge is 2.21. The van der Waals surface area contributed by atoms with Gasteiger partial charge in [0.1, 0.15) is 11.6 Å². The smallest absolute Gasteiger partial charge is 0.307 e. The van der Waals surface area contributed by atoms with E-state index in [4.69, 9.17) is 5.11 Å². The summed E-state index contributed by atoms with van der Waals surface area (Å²) >= 11 is 1.09. The lowest BCUT2D eigenvalue weighted by atomic mass is 10.1. The summed E-state index contributed by atoms with van der Waals surface area (Å²) in [6.07, 6.45) is 0. The zero-order chi connectivity index (χ0) is 12.3. The number of rotatable bonds is 4. The third-order valence-electron chi connectivity index (χ3n) is 2.30. The third-order valence-corrected chi connectivity index (χ3v) is 3.67. The summed E-state index contributed by atoms with van der Waals surface area (Å²) in [5.74, 6) is -2.81. The van der Waals surface area contributed by atoms with Gasteiger partial charge in [-0.1, -0.05) is 13.8 Å². The summed E-state index contributed by atoms with van der Waals surface area (Å²) in [4.78, 5) is 11.0. The summed E-state index contributed by atoms with van der Waals surface area (Å²) in [6, 6.07) is 3.27. The molecule has 0 spiro atoms. The van der Waals surface area contributed by atoms with Crippen LogP contribution in [0.3, 0.4) is 0 Å². The monoisotopic (exact) mass is 246 g/mol. The first-order valence-corrected chi connectivity index (χ1v) is 5.64. The van der Waals surface area contributed by atoms with Crippen LogP contribution in [-0.4, -0.2) is 16.3 Å². The number of halogens is 2. The fourth-order valence-corrected chi connectivity index (χ4v) is 2.11. The van der Waals surface area contributed by atoms with E-state index >= 15 is 0 Å². The van der Waals surface area contributed by atoms with E-state index in [9.17, 15) is 13.6 Å². The molecule has 0 saturated carbocycles. The fourth-order valence-electron chi connectivity index (χ4n) is 1.07. The van der Waals surface area contributed by atoms with Crippen molar-refractivity contribution < 1.29 is 18.7 Å². The minimum atomic E-state index is -0.928. The van der Waals surface area contributed by atoms with Crippen molar-refractivity contribution in [3.63, 3.8) is 0 Å². The molecule has 1 N–H and O–H groups in total. The van der Waals surface area contributed by atoms with Gasteiger partial charge in [-0.15, -0.1) is 11.8 Å². The number of hydrogen-bond donors (Lipinski definition) is 1. The van der Waals surface area contributed by atoms with Crippen LogP contribution < -0.4 is 0 Å². The van der Waals surface area contributed by atoms with Crippen molar-refractivity contribution in [3.8, 4) is 0 Å². The predicted octanol–water partition coefficient (Wildman–Crippen LogP) is 3.17. The Morgan fingerprint density at radius 3 is 2.50 bits per heavy atom. The van der Waals surface area contributed by atoms with Gasteiger partial charge in [-0.25, -0.2) is 8.78 Å². The Bertz CT molecular complexity index is 396. The maximum Gasteiger partial charge on any atom is 0.307 e. The van der Waals surface area contributed by atoms with Gasteiger partial charge in [0.2, 0.25) is 0 Å². The molecule has 0 bridgehead atoms. The van der Waals surface area contributed by atoms with Gasteiger partial charge in [0.15, 0.2) is 0 Å². The van der Waals surface area contributed by atoms with Crippen LogP contribution in [0.25, 0.3) is 0 Å². The van der Waals surface area contributed by atoms with E-state index in [0.29, 0.717) is 0 Å². The van der Waals surface area contributed by atoms with Gasteiger partial charge >= 0.3 is 5.97 Å². The van der Waals surface area contributed by atoms with Gasteiger partial charge in [0, 0.05) is 16.2 Å². The fraction of sp³-hybridized carbons (Fsp3) is 0.364. The van der Waals surface area contributed by atoms with Crippen LogP contribution in [0.5, 0.6) is 0 Å². The first-order valence-electron chi connectivity index (χ1n) is 4.76. The van der Waals surface area contributed by atoms with Gasteiger partial charge in [-0.05, 0) is 12.1 Å². The number of hydrogen-bond acceptors (Lipinski definition) is 2. The van der Waals surface area contributed by atoms with E-state index in [2.05, 4.69) is 0 Å². The number of aliphatic carboxylic acids is 1. The molecule has 2 nitrogen and oxygen atoms in total. The Balaban J connectivity index is 2.77. The molecule has 2 unspecified atom stereocenters. The summed E-state index contributed by atoms with van der Waals surface area (Å²) in [7, 11) is 0. The zero-order valence-corrected chi connectivity index (χ0v) is 9.72. The molecule has 0 saturated heterocycles. The van der Waals surface area contributed by atoms with E-state index in [0.717, 1.165) is 23.9 Å². The predicted molar refractivity (Wildman–Crippen MR) is 58.5 cm³/mol. The Morgan fingerprint density at radius 1 is 1.38 bits per heavy atom. The van der Waals surface area contributed by atoms with Crippen molar-refractivity contribution in [1.82, 2.24) is 0 Å². The molecule has 0 radical (unpaired) electrons. The molecule has 0 fully saturated rings. The zero-order valence-electron chi connectivity index (χ0n) is 8.91. The summed E-state index contributed by atoms with van der Waals surface area (Å²) in [5.41, 5.74) is 0. The number of carbonyl (C=O) groups is 1. The van der Waals surface area contributed by atoms with Crippen molar-refractivity contribution in [1.29, 1.82) is 0 Å². The minimum Gasteiger partial charge on any atom is -0.481 e. The molecule has 5 heteroatoms. The van der Waals surface area contributed by atoms with E-state index in [1.165, 1.54) is 6.07 Å². The van der Waals surface area contributed by atoms with E-state index in [1.807, 2.05) is 0 Å². The average Bonchev–Trinajstić information content (AvgIpc) is 2.20. The first-order chi connectivity index (χ1) is 7.41. The Labute approximate surface area is 96.7 Å². The van der Waals surface area contributed by atoms with Gasteiger partial charge in [-0.2, -0.15) is 0 Å². The van der Waals surface area contributed by atoms with Crippen molar-refractivity contribution in [3.05, 3.63) is 29.8 Å². The minimum absolute atomic E-state index is 0.266. The summed E-state index contributed by atoms with van der Waals surface area (Å²) in [6.45, 7) is 3.26. The normalized spacial score (nSPS) is 14.5. The van der Waals surface area contributed by atoms with Gasteiger partial charge < -0.3 is 5.11 Å². The molecule has 1 rings (SSSR count). The third kappa shape index (κ3) is 3.20. The molecule has 0 aromatic heterocycles. The molecule has 88 valence electrons. The standard InChI is InChI=1S/C11H12F2O2S/c1-6(11(14)15)7(2)16-10-4-3-8(12)5-9(10)13/h3-7H,1-2H3,(H,14,15). The van der Waals surface area contributed by atoms with Crippen molar-refractivity contribution in [2.75, 3.05) is 0 Å². The molecule has 0 amide bonds. The molecule has 1 aromatic carbocycles. The second-order valence-corrected chi connectivity index (χ2v) is 4.94. The van der Waals surface area contributed by atoms with E-state index in [-0.39, 0.29) is 10.1 Å². The second-order valence-electron chi connectivity index (χ2n) is 3.52. The number of benzene rings is 1. The molecular formula is C11H12F2O2S. The Hall–Kier alpha value is -1.10. The number of carboxylic acid groups (broad SMARTS) is 1. The molecule has 0 aliphatic heterocycles. The molecule has 16 heavy (non-hydrogen) atoms. The average molecular weight is 246 g/mol. The summed E-state index contributed by atoms with van der Waals surface area (Å²) < 4.78 is 25.9. The topological polar surface area (TPSA) is 37.3 Å². The van der Waals surface area contributed by atoms with Crippen LogP contribution in [0.15, 0.2) is 23.1 Å². The van der Waals surface area contributed by atoms with Crippen LogP contribution in [0.1, 0.15) is 13.8 Å². The molecule has 0 aliphatic rings. The highest BCUT2D eigenvalue weighted by molar-refractivity contribution is 8.00. The first kappa shape index (κ1) is 13.0. The molecule has 1 aromatic rings. The van der Waals surface area contributed by atoms with Crippen LogP contribution in [0.2, 0.25) is 0 Å².